The third kappa shape index (κ3) is 2.30. The largest absolute Gasteiger partial charge is 0.251 e. The van der Waals surface area contributed by atoms with Gasteiger partial charge in [-0.05, 0) is 30.9 Å². The fourth-order valence-corrected chi connectivity index (χ4v) is 3.03. The van der Waals surface area contributed by atoms with Gasteiger partial charge in [0.05, 0.1) is 17.5 Å². The van der Waals surface area contributed by atoms with E-state index in [-0.39, 0.29) is 0 Å². The minimum atomic E-state index is -0.507. The summed E-state index contributed by atoms with van der Waals surface area (Å²) >= 11 is 0. The van der Waals surface area contributed by atoms with Gasteiger partial charge in [-0.25, -0.2) is 0 Å². The molecule has 0 saturated carbocycles. The third-order valence-corrected chi connectivity index (χ3v) is 4.23. The molecule has 0 N–H and O–H groups in total. The van der Waals surface area contributed by atoms with Crippen molar-refractivity contribution in [3.05, 3.63) is 53.7 Å². The predicted molar refractivity (Wildman–Crippen MR) is 83.4 cm³/mol. The Labute approximate surface area is 125 Å². The minimum absolute atomic E-state index is 0.507. The molecule has 2 aromatic rings. The van der Waals surface area contributed by atoms with E-state index in [0.717, 1.165) is 29.8 Å². The van der Waals surface area contributed by atoms with Crippen LogP contribution in [-0.4, -0.2) is 4.98 Å². The van der Waals surface area contributed by atoms with Crippen LogP contribution < -0.4 is 0 Å². The molecule has 0 saturated heterocycles. The van der Waals surface area contributed by atoms with E-state index < -0.39 is 5.41 Å². The van der Waals surface area contributed by atoms with Crippen LogP contribution in [0.15, 0.2) is 42.5 Å². The van der Waals surface area contributed by atoms with Gasteiger partial charge in [-0.2, -0.15) is 5.26 Å². The maximum Gasteiger partial charge on any atom is 0.101 e. The fraction of sp³-hybridized carbons (Fsp3) is 0.263. The molecule has 3 rings (SSSR count). The number of hydrogen-bond donors (Lipinski definition) is 0. The smallest absolute Gasteiger partial charge is 0.101 e. The minimum Gasteiger partial charge on any atom is -0.251 e. The van der Waals surface area contributed by atoms with Gasteiger partial charge >= 0.3 is 0 Å². The van der Waals surface area contributed by atoms with Crippen LogP contribution in [0.4, 0.5) is 0 Å². The molecular formula is C19H16N2. The first-order valence-electron chi connectivity index (χ1n) is 7.20. The van der Waals surface area contributed by atoms with Gasteiger partial charge in [0.2, 0.25) is 0 Å². The van der Waals surface area contributed by atoms with Crippen LogP contribution in [-0.2, 0) is 11.8 Å². The van der Waals surface area contributed by atoms with Crippen molar-refractivity contribution in [1.82, 2.24) is 4.98 Å². The second kappa shape index (κ2) is 5.43. The van der Waals surface area contributed by atoms with Crippen molar-refractivity contribution >= 4 is 0 Å². The Morgan fingerprint density at radius 3 is 2.71 bits per heavy atom. The van der Waals surface area contributed by atoms with Gasteiger partial charge in [0.15, 0.2) is 0 Å². The number of hydrogen-bond acceptors (Lipinski definition) is 2. The lowest BCUT2D eigenvalue weighted by atomic mass is 9.82. The van der Waals surface area contributed by atoms with E-state index in [1.54, 1.807) is 0 Å². The number of aromatic nitrogens is 1. The highest BCUT2D eigenvalue weighted by molar-refractivity contribution is 5.60. The fourth-order valence-electron chi connectivity index (χ4n) is 3.03. The summed E-state index contributed by atoms with van der Waals surface area (Å²) in [6.45, 7) is 0. The average Bonchev–Trinajstić information content (AvgIpc) is 2.92. The summed E-state index contributed by atoms with van der Waals surface area (Å²) in [5.74, 6) is 2.65. The summed E-state index contributed by atoms with van der Waals surface area (Å²) in [5.41, 5.74) is 3.62. The summed E-state index contributed by atoms with van der Waals surface area (Å²) in [4.78, 5) is 4.81. The second-order valence-electron chi connectivity index (χ2n) is 5.47. The van der Waals surface area contributed by atoms with Gasteiger partial charge < -0.3 is 0 Å². The van der Waals surface area contributed by atoms with Crippen LogP contribution in [0.25, 0.3) is 11.3 Å². The quantitative estimate of drug-likeness (QED) is 0.795. The van der Waals surface area contributed by atoms with Gasteiger partial charge in [0, 0.05) is 12.0 Å². The number of nitrogens with zero attached hydrogens (tertiary/aromatic N) is 2. The van der Waals surface area contributed by atoms with E-state index >= 15 is 0 Å². The number of pyridine rings is 1. The Morgan fingerprint density at radius 2 is 2.00 bits per heavy atom. The topological polar surface area (TPSA) is 36.7 Å². The molecule has 0 fully saturated rings. The van der Waals surface area contributed by atoms with Crippen LogP contribution >= 0.6 is 0 Å². The van der Waals surface area contributed by atoms with Crippen LogP contribution in [0.3, 0.4) is 0 Å². The predicted octanol–water partition coefficient (Wildman–Crippen LogP) is 3.87. The van der Waals surface area contributed by atoms with Gasteiger partial charge in [-0.3, -0.25) is 4.98 Å². The number of aryl methyl sites for hydroxylation is 1. The molecule has 0 unspecified atom stereocenters. The second-order valence-corrected chi connectivity index (χ2v) is 5.47. The molecule has 0 radical (unpaired) electrons. The Bertz CT molecular complexity index is 734. The summed E-state index contributed by atoms with van der Waals surface area (Å²) in [6.07, 6.45) is 8.43. The Kier molecular flexibility index (Phi) is 3.46. The lowest BCUT2D eigenvalue weighted by Crippen LogP contribution is -2.22. The SMILES string of the molecule is C#CCC[C@]1(C#N)CCc2ccc(-c3ccccc3)nc21. The normalized spacial score (nSPS) is 19.5. The number of fused-ring (bicyclic) bond motifs is 1. The molecule has 0 bridgehead atoms. The Morgan fingerprint density at radius 1 is 1.19 bits per heavy atom. The number of terminal acetylenes is 1. The van der Waals surface area contributed by atoms with Gasteiger partial charge in [0.25, 0.3) is 0 Å². The zero-order valence-corrected chi connectivity index (χ0v) is 11.8. The first-order chi connectivity index (χ1) is 10.3. The highest BCUT2D eigenvalue weighted by Gasteiger charge is 2.40. The summed E-state index contributed by atoms with van der Waals surface area (Å²) in [6, 6.07) is 16.7. The molecule has 2 nitrogen and oxygen atoms in total. The van der Waals surface area contributed by atoms with Crippen LogP contribution in [0.5, 0.6) is 0 Å². The molecule has 1 aliphatic carbocycles. The highest BCUT2D eigenvalue weighted by Crippen LogP contribution is 2.41. The van der Waals surface area contributed by atoms with Crippen LogP contribution in [0.2, 0.25) is 0 Å². The molecule has 0 spiro atoms. The van der Waals surface area contributed by atoms with Gasteiger partial charge in [-0.15, -0.1) is 12.3 Å². The molecule has 1 heterocycles. The van der Waals surface area contributed by atoms with Crippen LogP contribution in [0.1, 0.15) is 30.5 Å². The molecule has 1 aliphatic rings. The van der Waals surface area contributed by atoms with Crippen LogP contribution in [0, 0.1) is 23.7 Å². The summed E-state index contributed by atoms with van der Waals surface area (Å²) in [5, 5.41) is 9.69. The molecule has 2 heteroatoms. The number of rotatable bonds is 3. The lowest BCUT2D eigenvalue weighted by molar-refractivity contribution is 0.497. The molecule has 1 aromatic heterocycles. The number of benzene rings is 1. The van der Waals surface area contributed by atoms with Crippen molar-refractivity contribution in [2.24, 2.45) is 0 Å². The Hall–Kier alpha value is -2.58. The van der Waals surface area contributed by atoms with Crippen molar-refractivity contribution in [3.63, 3.8) is 0 Å². The molecule has 102 valence electrons. The number of nitriles is 1. The molecule has 1 aromatic carbocycles. The van der Waals surface area contributed by atoms with Crippen molar-refractivity contribution in [3.8, 4) is 29.7 Å². The zero-order valence-electron chi connectivity index (χ0n) is 11.8. The van der Waals surface area contributed by atoms with E-state index in [0.29, 0.717) is 12.8 Å². The lowest BCUT2D eigenvalue weighted by Gasteiger charge is -2.20. The maximum absolute atomic E-state index is 9.69. The molecule has 0 aliphatic heterocycles. The summed E-state index contributed by atoms with van der Waals surface area (Å²) < 4.78 is 0. The molecule has 0 amide bonds. The molecular weight excluding hydrogens is 256 g/mol. The van der Waals surface area contributed by atoms with Gasteiger partial charge in [0.1, 0.15) is 5.41 Å². The van der Waals surface area contributed by atoms with Crippen molar-refractivity contribution < 1.29 is 0 Å². The van der Waals surface area contributed by atoms with E-state index in [9.17, 15) is 5.26 Å². The zero-order chi connectivity index (χ0) is 14.7. The third-order valence-electron chi connectivity index (χ3n) is 4.23. The maximum atomic E-state index is 9.69. The van der Waals surface area contributed by atoms with E-state index in [2.05, 4.69) is 18.1 Å². The van der Waals surface area contributed by atoms with E-state index in [4.69, 9.17) is 11.4 Å². The molecule has 21 heavy (non-hydrogen) atoms. The van der Waals surface area contributed by atoms with Crippen molar-refractivity contribution in [2.75, 3.05) is 0 Å². The van der Waals surface area contributed by atoms with Gasteiger partial charge in [-0.1, -0.05) is 36.4 Å². The first-order valence-corrected chi connectivity index (χ1v) is 7.20. The van der Waals surface area contributed by atoms with Crippen molar-refractivity contribution in [1.29, 1.82) is 5.26 Å². The first kappa shape index (κ1) is 13.4. The molecule has 1 atom stereocenters. The Balaban J connectivity index is 2.06. The van der Waals surface area contributed by atoms with Crippen molar-refractivity contribution in [2.45, 2.75) is 31.1 Å². The van der Waals surface area contributed by atoms with E-state index in [1.807, 2.05) is 36.4 Å². The average molecular weight is 272 g/mol. The monoisotopic (exact) mass is 272 g/mol. The van der Waals surface area contributed by atoms with E-state index in [1.165, 1.54) is 5.56 Å². The highest BCUT2D eigenvalue weighted by atomic mass is 14.8. The standard InChI is InChI=1S/C19H16N2/c1-2-3-12-19(14-20)13-11-16-9-10-17(21-18(16)19)15-7-5-4-6-8-15/h1,4-10H,3,11-13H2/t19-/m1/s1. The summed E-state index contributed by atoms with van der Waals surface area (Å²) in [7, 11) is 0.